The lowest BCUT2D eigenvalue weighted by molar-refractivity contribution is -0.138. The van der Waals surface area contributed by atoms with E-state index in [1.165, 1.54) is 4.90 Å². The fraction of sp³-hybridized carbons (Fsp3) is 0.500. The van der Waals surface area contributed by atoms with E-state index < -0.39 is 6.04 Å². The third-order valence-electron chi connectivity index (χ3n) is 3.44. The lowest BCUT2D eigenvalue weighted by Crippen LogP contribution is -2.40. The molecule has 1 unspecified atom stereocenters. The highest BCUT2D eigenvalue weighted by Gasteiger charge is 2.37. The van der Waals surface area contributed by atoms with Crippen molar-refractivity contribution < 1.29 is 14.3 Å². The maximum absolute atomic E-state index is 12.0. The van der Waals surface area contributed by atoms with Crippen LogP contribution < -0.4 is 10.1 Å². The molecule has 0 aliphatic carbocycles. The van der Waals surface area contributed by atoms with Crippen molar-refractivity contribution in [3.8, 4) is 5.75 Å². The van der Waals surface area contributed by atoms with E-state index in [1.807, 2.05) is 38.1 Å². The number of nitrogens with zero attached hydrogens (tertiary/aromatic N) is 1. The summed E-state index contributed by atoms with van der Waals surface area (Å²) in [6.07, 6.45) is 1.05. The average molecular weight is 290 g/mol. The summed E-state index contributed by atoms with van der Waals surface area (Å²) in [7, 11) is 0. The highest BCUT2D eigenvalue weighted by molar-refractivity contribution is 6.05. The third-order valence-corrected chi connectivity index (χ3v) is 3.44. The van der Waals surface area contributed by atoms with Gasteiger partial charge >= 0.3 is 0 Å². The predicted octanol–water partition coefficient (Wildman–Crippen LogP) is 1.50. The van der Waals surface area contributed by atoms with E-state index in [1.54, 1.807) is 0 Å². The second-order valence-corrected chi connectivity index (χ2v) is 5.26. The summed E-state index contributed by atoms with van der Waals surface area (Å²) in [5.74, 6) is 0.620. The quantitative estimate of drug-likeness (QED) is 0.611. The van der Waals surface area contributed by atoms with Crippen molar-refractivity contribution in [2.75, 3.05) is 19.7 Å². The summed E-state index contributed by atoms with van der Waals surface area (Å²) in [4.78, 5) is 25.1. The Balaban J connectivity index is 1.74. The zero-order valence-corrected chi connectivity index (χ0v) is 12.6. The van der Waals surface area contributed by atoms with E-state index in [2.05, 4.69) is 5.32 Å². The molecule has 1 fully saturated rings. The van der Waals surface area contributed by atoms with Crippen LogP contribution in [0.3, 0.4) is 0 Å². The molecule has 1 atom stereocenters. The number of benzene rings is 1. The van der Waals surface area contributed by atoms with Gasteiger partial charge in [0.25, 0.3) is 0 Å². The Morgan fingerprint density at radius 3 is 2.90 bits per heavy atom. The highest BCUT2D eigenvalue weighted by atomic mass is 16.5. The maximum Gasteiger partial charge on any atom is 0.246 e. The molecule has 5 heteroatoms. The molecule has 114 valence electrons. The Labute approximate surface area is 125 Å². The van der Waals surface area contributed by atoms with Crippen LogP contribution in [0.15, 0.2) is 24.3 Å². The van der Waals surface area contributed by atoms with Crippen molar-refractivity contribution in [1.29, 1.82) is 0 Å². The van der Waals surface area contributed by atoms with E-state index in [9.17, 15) is 9.59 Å². The van der Waals surface area contributed by atoms with Gasteiger partial charge in [0, 0.05) is 13.1 Å². The summed E-state index contributed by atoms with van der Waals surface area (Å²) in [5.41, 5.74) is 1.15. The second-order valence-electron chi connectivity index (χ2n) is 5.26. The molecule has 1 heterocycles. The normalized spacial score (nSPS) is 18.4. The second kappa shape index (κ2) is 7.22. The molecule has 0 saturated carbocycles. The van der Waals surface area contributed by atoms with E-state index in [0.717, 1.165) is 17.7 Å². The Morgan fingerprint density at radius 1 is 1.38 bits per heavy atom. The van der Waals surface area contributed by atoms with Crippen LogP contribution in [0.1, 0.15) is 25.3 Å². The van der Waals surface area contributed by atoms with E-state index in [4.69, 9.17) is 4.74 Å². The predicted molar refractivity (Wildman–Crippen MR) is 80.1 cm³/mol. The first-order valence-corrected chi connectivity index (χ1v) is 7.39. The minimum atomic E-state index is -0.398. The summed E-state index contributed by atoms with van der Waals surface area (Å²) in [6.45, 7) is 5.48. The first-order chi connectivity index (χ1) is 10.1. The molecule has 1 aliphatic rings. The van der Waals surface area contributed by atoms with Crippen molar-refractivity contribution in [1.82, 2.24) is 10.2 Å². The fourth-order valence-electron chi connectivity index (χ4n) is 2.41. The Morgan fingerprint density at radius 2 is 2.19 bits per heavy atom. The largest absolute Gasteiger partial charge is 0.492 e. The first-order valence-electron chi connectivity index (χ1n) is 7.39. The molecule has 0 bridgehead atoms. The van der Waals surface area contributed by atoms with E-state index >= 15 is 0 Å². The first kappa shape index (κ1) is 15.5. The minimum absolute atomic E-state index is 0.0843. The van der Waals surface area contributed by atoms with Crippen LogP contribution in [-0.2, 0) is 9.59 Å². The molecule has 0 radical (unpaired) electrons. The maximum atomic E-state index is 12.0. The molecule has 1 aliphatic heterocycles. The van der Waals surface area contributed by atoms with Crippen LogP contribution in [0.2, 0.25) is 0 Å². The van der Waals surface area contributed by atoms with Gasteiger partial charge in [-0.1, -0.05) is 19.1 Å². The number of imide groups is 1. The molecular formula is C16H22N2O3. The van der Waals surface area contributed by atoms with Gasteiger partial charge in [0.15, 0.2) is 0 Å². The number of likely N-dealkylation sites (tertiary alicyclic amines) is 1. The lowest BCUT2D eigenvalue weighted by atomic mass is 10.2. The van der Waals surface area contributed by atoms with Gasteiger partial charge in [-0.3, -0.25) is 14.5 Å². The summed E-state index contributed by atoms with van der Waals surface area (Å²) in [6, 6.07) is 7.42. The molecule has 0 spiro atoms. The van der Waals surface area contributed by atoms with Crippen LogP contribution in [0, 0.1) is 6.92 Å². The van der Waals surface area contributed by atoms with Gasteiger partial charge in [-0.25, -0.2) is 0 Å². The summed E-state index contributed by atoms with van der Waals surface area (Å²) in [5, 5.41) is 3.10. The number of aryl methyl sites for hydroxylation is 1. The van der Waals surface area contributed by atoms with Crippen molar-refractivity contribution in [3.63, 3.8) is 0 Å². The molecule has 1 aromatic rings. The minimum Gasteiger partial charge on any atom is -0.492 e. The standard InChI is InChI=1S/C16H22N2O3/c1-3-8-18-15(19)11-14(16(18)20)17-7-9-21-13-6-4-5-12(2)10-13/h4-6,10,14,17H,3,7-9,11H2,1-2H3. The number of hydrogen-bond donors (Lipinski definition) is 1. The Hall–Kier alpha value is -1.88. The fourth-order valence-corrected chi connectivity index (χ4v) is 2.41. The van der Waals surface area contributed by atoms with Crippen molar-refractivity contribution in [3.05, 3.63) is 29.8 Å². The number of carbonyl (C=O) groups is 2. The molecule has 2 amide bonds. The van der Waals surface area contributed by atoms with Crippen LogP contribution in [0.5, 0.6) is 5.75 Å². The van der Waals surface area contributed by atoms with Crippen LogP contribution in [-0.4, -0.2) is 42.5 Å². The molecule has 2 rings (SSSR count). The third kappa shape index (κ3) is 4.04. The Kier molecular flexibility index (Phi) is 5.33. The van der Waals surface area contributed by atoms with Crippen molar-refractivity contribution in [2.24, 2.45) is 0 Å². The van der Waals surface area contributed by atoms with Gasteiger partial charge in [-0.05, 0) is 31.0 Å². The molecule has 5 nitrogen and oxygen atoms in total. The molecule has 0 aromatic heterocycles. The molecule has 21 heavy (non-hydrogen) atoms. The van der Waals surface area contributed by atoms with Gasteiger partial charge in [-0.2, -0.15) is 0 Å². The molecule has 1 N–H and O–H groups in total. The zero-order chi connectivity index (χ0) is 15.2. The number of carbonyl (C=O) groups excluding carboxylic acids is 2. The van der Waals surface area contributed by atoms with Gasteiger partial charge in [-0.15, -0.1) is 0 Å². The molecular weight excluding hydrogens is 268 g/mol. The number of nitrogens with one attached hydrogen (secondary N) is 1. The summed E-state index contributed by atoms with van der Waals surface area (Å²) >= 11 is 0. The topological polar surface area (TPSA) is 58.6 Å². The van der Waals surface area contributed by atoms with Gasteiger partial charge in [0.2, 0.25) is 11.8 Å². The molecule has 1 aromatic carbocycles. The smallest absolute Gasteiger partial charge is 0.246 e. The molecule has 1 saturated heterocycles. The van der Waals surface area contributed by atoms with Gasteiger partial charge in [0.1, 0.15) is 12.4 Å². The van der Waals surface area contributed by atoms with E-state index in [-0.39, 0.29) is 18.2 Å². The van der Waals surface area contributed by atoms with Gasteiger partial charge < -0.3 is 10.1 Å². The van der Waals surface area contributed by atoms with Crippen molar-refractivity contribution >= 4 is 11.8 Å². The lowest BCUT2D eigenvalue weighted by Gasteiger charge is -2.14. The number of ether oxygens (including phenoxy) is 1. The zero-order valence-electron chi connectivity index (χ0n) is 12.6. The van der Waals surface area contributed by atoms with Crippen LogP contribution >= 0.6 is 0 Å². The van der Waals surface area contributed by atoms with Crippen molar-refractivity contribution in [2.45, 2.75) is 32.7 Å². The number of amides is 2. The highest BCUT2D eigenvalue weighted by Crippen LogP contribution is 2.14. The average Bonchev–Trinajstić information content (AvgIpc) is 2.72. The van der Waals surface area contributed by atoms with Crippen LogP contribution in [0.4, 0.5) is 0 Å². The van der Waals surface area contributed by atoms with E-state index in [0.29, 0.717) is 19.7 Å². The monoisotopic (exact) mass is 290 g/mol. The summed E-state index contributed by atoms with van der Waals surface area (Å²) < 4.78 is 5.61. The Bertz CT molecular complexity index is 516. The van der Waals surface area contributed by atoms with Gasteiger partial charge in [0.05, 0.1) is 12.5 Å². The SMILES string of the molecule is CCCN1C(=O)CC(NCCOc2cccc(C)c2)C1=O. The van der Waals surface area contributed by atoms with Crippen LogP contribution in [0.25, 0.3) is 0 Å². The number of rotatable bonds is 7. The number of hydrogen-bond acceptors (Lipinski definition) is 4.